The third kappa shape index (κ3) is 4.43. The molecule has 1 aromatic heterocycles. The van der Waals surface area contributed by atoms with Crippen molar-refractivity contribution in [3.05, 3.63) is 48.0 Å². The maximum Gasteiger partial charge on any atom is 0.240 e. The lowest BCUT2D eigenvalue weighted by Gasteiger charge is -2.06. The predicted molar refractivity (Wildman–Crippen MR) is 79.9 cm³/mol. The Morgan fingerprint density at radius 1 is 1.29 bits per heavy atom. The van der Waals surface area contributed by atoms with E-state index >= 15 is 0 Å². The second-order valence-electron chi connectivity index (χ2n) is 4.25. The molecule has 0 atom stereocenters. The van der Waals surface area contributed by atoms with Gasteiger partial charge in [-0.2, -0.15) is 0 Å². The Kier molecular flexibility index (Phi) is 5.11. The number of rotatable bonds is 5. The summed E-state index contributed by atoms with van der Waals surface area (Å²) in [5.74, 6) is 5.56. The van der Waals surface area contributed by atoms with Crippen molar-refractivity contribution < 1.29 is 8.42 Å². The highest BCUT2D eigenvalue weighted by molar-refractivity contribution is 7.89. The van der Waals surface area contributed by atoms with Gasteiger partial charge < -0.3 is 10.7 Å². The van der Waals surface area contributed by atoms with Gasteiger partial charge in [0.15, 0.2) is 0 Å². The van der Waals surface area contributed by atoms with E-state index in [2.05, 4.69) is 26.5 Å². The number of aromatic amines is 1. The number of nitrogens with one attached hydrogen (secondary N) is 2. The second-order valence-corrected chi connectivity index (χ2v) is 6.02. The second kappa shape index (κ2) is 7.04. The maximum atomic E-state index is 12.1. The first-order chi connectivity index (χ1) is 10.1. The Morgan fingerprint density at radius 2 is 2.05 bits per heavy atom. The zero-order valence-corrected chi connectivity index (χ0v) is 12.2. The molecule has 2 aromatic rings. The van der Waals surface area contributed by atoms with Crippen LogP contribution in [0, 0.1) is 11.8 Å². The standard InChI is InChI=1S/C14H16N4O2S/c15-8-1-2-12-3-5-14(6-4-12)21(19,20)18-9-7-13-10-16-11-17-13/h3-6,10-11,18H,7-9,15H2,(H,16,17). The fourth-order valence-electron chi connectivity index (χ4n) is 1.70. The Labute approximate surface area is 123 Å². The first kappa shape index (κ1) is 15.3. The van der Waals surface area contributed by atoms with Crippen molar-refractivity contribution in [3.8, 4) is 11.8 Å². The van der Waals surface area contributed by atoms with Gasteiger partial charge in [-0.3, -0.25) is 0 Å². The fourth-order valence-corrected chi connectivity index (χ4v) is 2.73. The predicted octanol–water partition coefficient (Wildman–Crippen LogP) is 0.241. The van der Waals surface area contributed by atoms with Gasteiger partial charge in [0.25, 0.3) is 0 Å². The molecule has 21 heavy (non-hydrogen) atoms. The highest BCUT2D eigenvalue weighted by Gasteiger charge is 2.12. The monoisotopic (exact) mass is 304 g/mol. The van der Waals surface area contributed by atoms with Crippen LogP contribution in [0.3, 0.4) is 0 Å². The quantitative estimate of drug-likeness (QED) is 0.689. The van der Waals surface area contributed by atoms with Crippen LogP contribution in [-0.2, 0) is 16.4 Å². The van der Waals surface area contributed by atoms with Gasteiger partial charge in [-0.1, -0.05) is 11.8 Å². The molecule has 1 aromatic carbocycles. The van der Waals surface area contributed by atoms with Crippen molar-refractivity contribution in [3.63, 3.8) is 0 Å². The summed E-state index contributed by atoms with van der Waals surface area (Å²) in [4.78, 5) is 7.01. The number of nitrogens with two attached hydrogens (primary N) is 1. The minimum absolute atomic E-state index is 0.213. The highest BCUT2D eigenvalue weighted by atomic mass is 32.2. The molecule has 0 aliphatic rings. The van der Waals surface area contributed by atoms with Crippen LogP contribution >= 0.6 is 0 Å². The van der Waals surface area contributed by atoms with Crippen molar-refractivity contribution in [2.45, 2.75) is 11.3 Å². The number of benzene rings is 1. The molecule has 4 N–H and O–H groups in total. The van der Waals surface area contributed by atoms with E-state index in [4.69, 9.17) is 5.73 Å². The Morgan fingerprint density at radius 3 is 2.67 bits per heavy atom. The molecule has 6 nitrogen and oxygen atoms in total. The average Bonchev–Trinajstić information content (AvgIpc) is 2.98. The molecule has 0 fully saturated rings. The summed E-state index contributed by atoms with van der Waals surface area (Å²) in [5, 5.41) is 0. The molecule has 0 amide bonds. The summed E-state index contributed by atoms with van der Waals surface area (Å²) < 4.78 is 26.7. The minimum atomic E-state index is -3.51. The number of sulfonamides is 1. The van der Waals surface area contributed by atoms with E-state index in [0.29, 0.717) is 13.0 Å². The van der Waals surface area contributed by atoms with Gasteiger partial charge in [0, 0.05) is 30.4 Å². The number of H-pyrrole nitrogens is 1. The summed E-state index contributed by atoms with van der Waals surface area (Å²) in [5.41, 5.74) is 6.90. The number of hydrogen-bond acceptors (Lipinski definition) is 4. The third-order valence-electron chi connectivity index (χ3n) is 2.74. The minimum Gasteiger partial charge on any atom is -0.348 e. The number of nitrogens with zero attached hydrogens (tertiary/aromatic N) is 1. The van der Waals surface area contributed by atoms with Crippen LogP contribution in [0.15, 0.2) is 41.7 Å². The molecular formula is C14H16N4O2S. The van der Waals surface area contributed by atoms with Crippen molar-refractivity contribution in [2.75, 3.05) is 13.1 Å². The largest absolute Gasteiger partial charge is 0.348 e. The topological polar surface area (TPSA) is 101 Å². The van der Waals surface area contributed by atoms with Gasteiger partial charge in [0.05, 0.1) is 17.8 Å². The highest BCUT2D eigenvalue weighted by Crippen LogP contribution is 2.10. The molecule has 0 bridgehead atoms. The van der Waals surface area contributed by atoms with E-state index in [0.717, 1.165) is 11.3 Å². The van der Waals surface area contributed by atoms with Crippen molar-refractivity contribution in [1.29, 1.82) is 0 Å². The van der Waals surface area contributed by atoms with Gasteiger partial charge in [0.2, 0.25) is 10.0 Å². The van der Waals surface area contributed by atoms with Gasteiger partial charge in [-0.05, 0) is 24.3 Å². The van der Waals surface area contributed by atoms with Crippen LogP contribution in [0.25, 0.3) is 0 Å². The lowest BCUT2D eigenvalue weighted by molar-refractivity contribution is 0.581. The molecule has 0 saturated heterocycles. The Hall–Kier alpha value is -2.14. The van der Waals surface area contributed by atoms with E-state index < -0.39 is 10.0 Å². The molecule has 1 heterocycles. The summed E-state index contributed by atoms with van der Waals surface area (Å²) in [7, 11) is -3.51. The molecule has 2 rings (SSSR count). The van der Waals surface area contributed by atoms with Crippen LogP contribution in [0.1, 0.15) is 11.3 Å². The zero-order valence-electron chi connectivity index (χ0n) is 11.3. The molecule has 7 heteroatoms. The molecule has 0 radical (unpaired) electrons. The fraction of sp³-hybridized carbons (Fsp3) is 0.214. The SMILES string of the molecule is NCC#Cc1ccc(S(=O)(=O)NCCc2cnc[nH]2)cc1. The summed E-state index contributed by atoms with van der Waals surface area (Å²) >= 11 is 0. The number of aromatic nitrogens is 2. The van der Waals surface area contributed by atoms with Gasteiger partial charge in [0.1, 0.15) is 0 Å². The van der Waals surface area contributed by atoms with Crippen LogP contribution < -0.4 is 10.5 Å². The van der Waals surface area contributed by atoms with Gasteiger partial charge in [-0.25, -0.2) is 18.1 Å². The molecule has 0 spiro atoms. The first-order valence-corrected chi connectivity index (χ1v) is 7.86. The van der Waals surface area contributed by atoms with E-state index in [1.54, 1.807) is 24.7 Å². The van der Waals surface area contributed by atoms with E-state index in [9.17, 15) is 8.42 Å². The molecular weight excluding hydrogens is 288 g/mol. The van der Waals surface area contributed by atoms with Gasteiger partial charge >= 0.3 is 0 Å². The lowest BCUT2D eigenvalue weighted by atomic mass is 10.2. The number of hydrogen-bond donors (Lipinski definition) is 3. The third-order valence-corrected chi connectivity index (χ3v) is 4.22. The Balaban J connectivity index is 1.98. The maximum absolute atomic E-state index is 12.1. The molecule has 0 aliphatic carbocycles. The van der Waals surface area contributed by atoms with Crippen LogP contribution in [0.2, 0.25) is 0 Å². The van der Waals surface area contributed by atoms with Gasteiger partial charge in [-0.15, -0.1) is 0 Å². The first-order valence-electron chi connectivity index (χ1n) is 6.38. The van der Waals surface area contributed by atoms with Crippen molar-refractivity contribution in [1.82, 2.24) is 14.7 Å². The molecule has 110 valence electrons. The summed E-state index contributed by atoms with van der Waals surface area (Å²) in [6.07, 6.45) is 3.78. The van der Waals surface area contributed by atoms with E-state index in [1.165, 1.54) is 12.1 Å². The molecule has 0 unspecified atom stereocenters. The van der Waals surface area contributed by atoms with Crippen LogP contribution in [-0.4, -0.2) is 31.5 Å². The zero-order chi connectivity index (χ0) is 15.1. The van der Waals surface area contributed by atoms with Crippen molar-refractivity contribution >= 4 is 10.0 Å². The van der Waals surface area contributed by atoms with E-state index in [1.807, 2.05) is 0 Å². The van der Waals surface area contributed by atoms with Crippen LogP contribution in [0.4, 0.5) is 0 Å². The smallest absolute Gasteiger partial charge is 0.240 e. The number of imidazole rings is 1. The van der Waals surface area contributed by atoms with Crippen LogP contribution in [0.5, 0.6) is 0 Å². The summed E-state index contributed by atoms with van der Waals surface area (Å²) in [6, 6.07) is 6.37. The molecule has 0 aliphatic heterocycles. The van der Waals surface area contributed by atoms with Crippen molar-refractivity contribution in [2.24, 2.45) is 5.73 Å². The Bertz CT molecular complexity index is 726. The molecule has 0 saturated carbocycles. The summed E-state index contributed by atoms with van der Waals surface area (Å²) in [6.45, 7) is 0.578. The van der Waals surface area contributed by atoms with E-state index in [-0.39, 0.29) is 11.4 Å². The normalized spacial score (nSPS) is 10.9. The average molecular weight is 304 g/mol. The lowest BCUT2D eigenvalue weighted by Crippen LogP contribution is -2.26.